The minimum Gasteiger partial charge on any atom is -0.464 e. The smallest absolute Gasteiger partial charge is 0.341 e. The lowest BCUT2D eigenvalue weighted by Gasteiger charge is -2.13. The Bertz CT molecular complexity index is 204. The van der Waals surface area contributed by atoms with Crippen LogP contribution < -0.4 is 0 Å². The molecule has 3 nitrogen and oxygen atoms in total. The molecule has 14 heavy (non-hydrogen) atoms. The van der Waals surface area contributed by atoms with Crippen molar-refractivity contribution in [3.8, 4) is 0 Å². The van der Waals surface area contributed by atoms with Crippen LogP contribution in [0.1, 0.15) is 33.6 Å². The number of carbonyl (C=O) groups is 2. The van der Waals surface area contributed by atoms with Crippen LogP contribution in [0.15, 0.2) is 0 Å². The van der Waals surface area contributed by atoms with Gasteiger partial charge in [0.05, 0.1) is 6.61 Å². The van der Waals surface area contributed by atoms with Crippen LogP contribution in [-0.2, 0) is 14.3 Å². The highest BCUT2D eigenvalue weighted by Gasteiger charge is 2.26. The van der Waals surface area contributed by atoms with Crippen molar-refractivity contribution in [2.75, 3.05) is 6.61 Å². The number of ketones is 1. The largest absolute Gasteiger partial charge is 0.464 e. The number of hydrogen-bond donors (Lipinski definition) is 0. The van der Waals surface area contributed by atoms with Crippen molar-refractivity contribution in [3.63, 3.8) is 0 Å². The summed E-state index contributed by atoms with van der Waals surface area (Å²) in [5.74, 6) is -1.50. The number of alkyl halides is 1. The molecule has 0 aliphatic carbocycles. The van der Waals surface area contributed by atoms with Gasteiger partial charge in [-0.3, -0.25) is 4.79 Å². The van der Waals surface area contributed by atoms with Crippen LogP contribution in [0.4, 0.5) is 4.39 Å². The third-order valence-electron chi connectivity index (χ3n) is 1.96. The Balaban J connectivity index is 4.04. The van der Waals surface area contributed by atoms with Gasteiger partial charge in [0.2, 0.25) is 0 Å². The van der Waals surface area contributed by atoms with Gasteiger partial charge in [0.1, 0.15) is 5.78 Å². The van der Waals surface area contributed by atoms with Crippen LogP contribution in [0.25, 0.3) is 0 Å². The lowest BCUT2D eigenvalue weighted by molar-refractivity contribution is -0.151. The molecule has 0 aromatic carbocycles. The maximum absolute atomic E-state index is 13.2. The molecule has 2 unspecified atom stereocenters. The Kier molecular flexibility index (Phi) is 6.08. The van der Waals surface area contributed by atoms with Gasteiger partial charge in [-0.25, -0.2) is 9.18 Å². The Morgan fingerprint density at radius 3 is 2.36 bits per heavy atom. The van der Waals surface area contributed by atoms with E-state index in [-0.39, 0.29) is 18.8 Å². The molecule has 0 saturated heterocycles. The van der Waals surface area contributed by atoms with Crippen LogP contribution in [0.5, 0.6) is 0 Å². The maximum Gasteiger partial charge on any atom is 0.341 e. The molecule has 4 heteroatoms. The van der Waals surface area contributed by atoms with E-state index in [2.05, 4.69) is 4.74 Å². The van der Waals surface area contributed by atoms with E-state index in [1.807, 2.05) is 0 Å². The fraction of sp³-hybridized carbons (Fsp3) is 0.800. The van der Waals surface area contributed by atoms with E-state index >= 15 is 0 Å². The summed E-state index contributed by atoms with van der Waals surface area (Å²) in [5.41, 5.74) is 0. The van der Waals surface area contributed by atoms with Gasteiger partial charge < -0.3 is 4.74 Å². The molecule has 0 N–H and O–H groups in total. The molecule has 0 saturated carbocycles. The molecule has 2 atom stereocenters. The third kappa shape index (κ3) is 4.35. The SMILES string of the molecule is CCOC(=O)C(F)C(C)CC(=O)CC. The highest BCUT2D eigenvalue weighted by atomic mass is 19.1. The molecule has 0 spiro atoms. The highest BCUT2D eigenvalue weighted by molar-refractivity contribution is 5.80. The molecule has 0 fully saturated rings. The third-order valence-corrected chi connectivity index (χ3v) is 1.96. The zero-order valence-corrected chi connectivity index (χ0v) is 8.88. The number of rotatable bonds is 6. The first kappa shape index (κ1) is 13.1. The van der Waals surface area contributed by atoms with Crippen molar-refractivity contribution in [2.24, 2.45) is 5.92 Å². The van der Waals surface area contributed by atoms with Gasteiger partial charge >= 0.3 is 5.97 Å². The van der Waals surface area contributed by atoms with Crippen molar-refractivity contribution >= 4 is 11.8 Å². The van der Waals surface area contributed by atoms with Crippen LogP contribution in [0.3, 0.4) is 0 Å². The first-order valence-corrected chi connectivity index (χ1v) is 4.85. The zero-order valence-electron chi connectivity index (χ0n) is 8.88. The normalized spacial score (nSPS) is 14.6. The van der Waals surface area contributed by atoms with E-state index in [0.717, 1.165) is 0 Å². The molecule has 0 rings (SSSR count). The van der Waals surface area contributed by atoms with Gasteiger partial charge in [-0.05, 0) is 6.92 Å². The lowest BCUT2D eigenvalue weighted by atomic mass is 9.98. The summed E-state index contributed by atoms with van der Waals surface area (Å²) < 4.78 is 17.8. The predicted octanol–water partition coefficient (Wildman–Crippen LogP) is 1.89. The monoisotopic (exact) mass is 204 g/mol. The quantitative estimate of drug-likeness (QED) is 0.620. The van der Waals surface area contributed by atoms with Crippen molar-refractivity contribution in [2.45, 2.75) is 39.8 Å². The van der Waals surface area contributed by atoms with Crippen molar-refractivity contribution in [1.29, 1.82) is 0 Å². The lowest BCUT2D eigenvalue weighted by Crippen LogP contribution is -2.27. The summed E-state index contributed by atoms with van der Waals surface area (Å²) in [6, 6.07) is 0. The molecule has 0 bridgehead atoms. The summed E-state index contributed by atoms with van der Waals surface area (Å²) in [5, 5.41) is 0. The van der Waals surface area contributed by atoms with E-state index in [9.17, 15) is 14.0 Å². The van der Waals surface area contributed by atoms with Gasteiger partial charge in [0, 0.05) is 18.8 Å². The summed E-state index contributed by atoms with van der Waals surface area (Å²) in [4.78, 5) is 21.9. The summed E-state index contributed by atoms with van der Waals surface area (Å²) in [7, 11) is 0. The fourth-order valence-electron chi connectivity index (χ4n) is 1.06. The summed E-state index contributed by atoms with van der Waals surface area (Å²) in [6.45, 7) is 5.03. The van der Waals surface area contributed by atoms with E-state index in [4.69, 9.17) is 0 Å². The number of esters is 1. The van der Waals surface area contributed by atoms with Gasteiger partial charge in [-0.2, -0.15) is 0 Å². The molecular formula is C10H17FO3. The topological polar surface area (TPSA) is 43.4 Å². The summed E-state index contributed by atoms with van der Waals surface area (Å²) in [6.07, 6.45) is -1.22. The molecule has 0 aromatic heterocycles. The van der Waals surface area contributed by atoms with Gasteiger partial charge in [-0.1, -0.05) is 13.8 Å². The zero-order chi connectivity index (χ0) is 11.1. The average molecular weight is 204 g/mol. The van der Waals surface area contributed by atoms with Gasteiger partial charge in [0.25, 0.3) is 0 Å². The highest BCUT2D eigenvalue weighted by Crippen LogP contribution is 2.14. The van der Waals surface area contributed by atoms with Crippen LogP contribution in [0.2, 0.25) is 0 Å². The molecule has 0 aromatic rings. The second-order valence-electron chi connectivity index (χ2n) is 3.23. The van der Waals surface area contributed by atoms with Crippen LogP contribution in [-0.4, -0.2) is 24.5 Å². The standard InChI is InChI=1S/C10H17FO3/c1-4-8(12)6-7(3)9(11)10(13)14-5-2/h7,9H,4-6H2,1-3H3. The van der Waals surface area contributed by atoms with E-state index in [0.29, 0.717) is 6.42 Å². The van der Waals surface area contributed by atoms with Crippen LogP contribution >= 0.6 is 0 Å². The first-order valence-electron chi connectivity index (χ1n) is 4.85. The van der Waals surface area contributed by atoms with Crippen molar-refractivity contribution in [1.82, 2.24) is 0 Å². The van der Waals surface area contributed by atoms with Gasteiger partial charge in [0.15, 0.2) is 6.17 Å². The molecule has 0 heterocycles. The van der Waals surface area contributed by atoms with Gasteiger partial charge in [-0.15, -0.1) is 0 Å². The molecule has 0 amide bonds. The number of ether oxygens (including phenoxy) is 1. The molecule has 82 valence electrons. The number of hydrogen-bond acceptors (Lipinski definition) is 3. The van der Waals surface area contributed by atoms with E-state index in [1.54, 1.807) is 13.8 Å². The summed E-state index contributed by atoms with van der Waals surface area (Å²) >= 11 is 0. The maximum atomic E-state index is 13.2. The molecule has 0 aliphatic rings. The number of carbonyl (C=O) groups excluding carboxylic acids is 2. The fourth-order valence-corrected chi connectivity index (χ4v) is 1.06. The first-order chi connectivity index (χ1) is 6.52. The van der Waals surface area contributed by atoms with E-state index in [1.165, 1.54) is 6.92 Å². The predicted molar refractivity (Wildman–Crippen MR) is 50.6 cm³/mol. The number of halogens is 1. The minimum absolute atomic E-state index is 0.0375. The van der Waals surface area contributed by atoms with Crippen molar-refractivity contribution < 1.29 is 18.7 Å². The Labute approximate surface area is 83.6 Å². The van der Waals surface area contributed by atoms with E-state index < -0.39 is 18.1 Å². The Hall–Kier alpha value is -0.930. The average Bonchev–Trinajstić information content (AvgIpc) is 2.16. The Morgan fingerprint density at radius 1 is 1.36 bits per heavy atom. The number of Topliss-reactive ketones (excluding diaryl/α,β-unsaturated/α-hetero) is 1. The second kappa shape index (κ2) is 6.51. The molecular weight excluding hydrogens is 187 g/mol. The molecule has 0 radical (unpaired) electrons. The van der Waals surface area contributed by atoms with Crippen LogP contribution in [0, 0.1) is 5.92 Å². The molecule has 0 aliphatic heterocycles. The Morgan fingerprint density at radius 2 is 1.93 bits per heavy atom. The minimum atomic E-state index is -1.69. The van der Waals surface area contributed by atoms with Crippen molar-refractivity contribution in [3.05, 3.63) is 0 Å². The second-order valence-corrected chi connectivity index (χ2v) is 3.23.